The highest BCUT2D eigenvalue weighted by Crippen LogP contribution is 2.34. The Morgan fingerprint density at radius 1 is 1.16 bits per heavy atom. The minimum atomic E-state index is 0.146. The highest BCUT2D eigenvalue weighted by atomic mass is 16.6. The van der Waals surface area contributed by atoms with E-state index in [1.165, 1.54) is 11.1 Å². The van der Waals surface area contributed by atoms with Crippen molar-refractivity contribution in [2.24, 2.45) is 0 Å². The summed E-state index contributed by atoms with van der Waals surface area (Å²) in [5.74, 6) is 1.79. The molecule has 1 aromatic rings. The van der Waals surface area contributed by atoms with E-state index in [2.05, 4.69) is 36.2 Å². The molecule has 0 bridgehead atoms. The number of ether oxygens (including phenoxy) is 2. The number of hydrogen-bond donors (Lipinski definition) is 1. The van der Waals surface area contributed by atoms with Gasteiger partial charge in [-0.05, 0) is 37.1 Å². The van der Waals surface area contributed by atoms with Crippen molar-refractivity contribution >= 4 is 0 Å². The predicted octanol–water partition coefficient (Wildman–Crippen LogP) is 1.35. The minimum Gasteiger partial charge on any atom is -0.486 e. The second kappa shape index (κ2) is 5.39. The normalized spacial score (nSPS) is 23.4. The van der Waals surface area contributed by atoms with Crippen LogP contribution in [0, 0.1) is 13.8 Å². The third-order valence-electron chi connectivity index (χ3n) is 3.95. The van der Waals surface area contributed by atoms with E-state index in [1.54, 1.807) is 0 Å². The number of aryl methyl sites for hydroxylation is 2. The Hall–Kier alpha value is -1.26. The molecular weight excluding hydrogens is 240 g/mol. The predicted molar refractivity (Wildman–Crippen MR) is 75.1 cm³/mol. The molecule has 2 aliphatic heterocycles. The molecule has 1 aromatic carbocycles. The Morgan fingerprint density at radius 2 is 1.84 bits per heavy atom. The molecule has 1 N–H and O–H groups in total. The van der Waals surface area contributed by atoms with E-state index in [1.807, 2.05) is 0 Å². The average Bonchev–Trinajstić information content (AvgIpc) is 2.42. The van der Waals surface area contributed by atoms with Crippen LogP contribution in [0.5, 0.6) is 11.5 Å². The Bertz CT molecular complexity index is 456. The highest BCUT2D eigenvalue weighted by molar-refractivity contribution is 5.47. The van der Waals surface area contributed by atoms with Crippen LogP contribution in [-0.4, -0.2) is 50.3 Å². The first kappa shape index (κ1) is 12.8. The Morgan fingerprint density at radius 3 is 2.58 bits per heavy atom. The molecule has 0 spiro atoms. The molecule has 0 aliphatic carbocycles. The molecule has 4 heteroatoms. The number of piperazine rings is 1. The lowest BCUT2D eigenvalue weighted by molar-refractivity contribution is 0.0552. The van der Waals surface area contributed by atoms with E-state index >= 15 is 0 Å². The lowest BCUT2D eigenvalue weighted by Crippen LogP contribution is -2.49. The van der Waals surface area contributed by atoms with Crippen molar-refractivity contribution in [3.8, 4) is 11.5 Å². The van der Waals surface area contributed by atoms with Gasteiger partial charge in [0.15, 0.2) is 11.5 Å². The van der Waals surface area contributed by atoms with Crippen LogP contribution in [0.3, 0.4) is 0 Å². The third-order valence-corrected chi connectivity index (χ3v) is 3.95. The molecule has 1 atom stereocenters. The number of nitrogens with zero attached hydrogens (tertiary/aromatic N) is 1. The molecule has 2 aliphatic rings. The van der Waals surface area contributed by atoms with Crippen LogP contribution < -0.4 is 14.8 Å². The maximum Gasteiger partial charge on any atom is 0.162 e. The zero-order chi connectivity index (χ0) is 13.2. The molecule has 0 aromatic heterocycles. The van der Waals surface area contributed by atoms with Crippen LogP contribution in [0.1, 0.15) is 11.1 Å². The number of nitrogens with one attached hydrogen (secondary N) is 1. The summed E-state index contributed by atoms with van der Waals surface area (Å²) in [4.78, 5) is 2.44. The quantitative estimate of drug-likeness (QED) is 0.872. The van der Waals surface area contributed by atoms with E-state index in [0.717, 1.165) is 44.2 Å². The number of benzene rings is 1. The van der Waals surface area contributed by atoms with Gasteiger partial charge in [-0.2, -0.15) is 0 Å². The van der Waals surface area contributed by atoms with Gasteiger partial charge in [0.05, 0.1) is 0 Å². The molecule has 2 heterocycles. The lowest BCUT2D eigenvalue weighted by atomic mass is 10.1. The summed E-state index contributed by atoms with van der Waals surface area (Å²) in [7, 11) is 0. The van der Waals surface area contributed by atoms with Crippen molar-refractivity contribution in [2.45, 2.75) is 20.0 Å². The summed E-state index contributed by atoms with van der Waals surface area (Å²) in [6, 6.07) is 4.17. The van der Waals surface area contributed by atoms with Gasteiger partial charge in [0, 0.05) is 32.7 Å². The first-order chi connectivity index (χ1) is 9.22. The SMILES string of the molecule is Cc1cc2c(cc1C)OC(CN1CCNCC1)CO2. The van der Waals surface area contributed by atoms with Crippen molar-refractivity contribution in [2.75, 3.05) is 39.3 Å². The van der Waals surface area contributed by atoms with Crippen molar-refractivity contribution in [1.29, 1.82) is 0 Å². The molecule has 19 heavy (non-hydrogen) atoms. The van der Waals surface area contributed by atoms with E-state index in [0.29, 0.717) is 6.61 Å². The molecule has 0 amide bonds. The van der Waals surface area contributed by atoms with Gasteiger partial charge >= 0.3 is 0 Å². The topological polar surface area (TPSA) is 33.7 Å². The molecule has 1 saturated heterocycles. The van der Waals surface area contributed by atoms with Crippen LogP contribution in [0.15, 0.2) is 12.1 Å². The fourth-order valence-electron chi connectivity index (χ4n) is 2.64. The summed E-state index contributed by atoms with van der Waals surface area (Å²) in [5.41, 5.74) is 2.51. The first-order valence-electron chi connectivity index (χ1n) is 7.06. The fraction of sp³-hybridized carbons (Fsp3) is 0.600. The zero-order valence-electron chi connectivity index (χ0n) is 11.7. The molecule has 0 radical (unpaired) electrons. The van der Waals surface area contributed by atoms with E-state index < -0.39 is 0 Å². The number of rotatable bonds is 2. The molecule has 1 unspecified atom stereocenters. The second-order valence-electron chi connectivity index (χ2n) is 5.48. The van der Waals surface area contributed by atoms with Crippen molar-refractivity contribution in [3.05, 3.63) is 23.3 Å². The zero-order valence-corrected chi connectivity index (χ0v) is 11.7. The molecule has 104 valence electrons. The van der Waals surface area contributed by atoms with Gasteiger partial charge in [0.25, 0.3) is 0 Å². The van der Waals surface area contributed by atoms with Gasteiger partial charge in [-0.3, -0.25) is 4.90 Å². The van der Waals surface area contributed by atoms with E-state index in [4.69, 9.17) is 9.47 Å². The fourth-order valence-corrected chi connectivity index (χ4v) is 2.64. The van der Waals surface area contributed by atoms with Gasteiger partial charge in [0.2, 0.25) is 0 Å². The smallest absolute Gasteiger partial charge is 0.162 e. The molecule has 1 fully saturated rings. The number of hydrogen-bond acceptors (Lipinski definition) is 4. The summed E-state index contributed by atoms with van der Waals surface area (Å²) >= 11 is 0. The largest absolute Gasteiger partial charge is 0.486 e. The Balaban J connectivity index is 1.66. The molecule has 0 saturated carbocycles. The second-order valence-corrected chi connectivity index (χ2v) is 5.48. The maximum atomic E-state index is 6.08. The minimum absolute atomic E-state index is 0.146. The highest BCUT2D eigenvalue weighted by Gasteiger charge is 2.24. The third kappa shape index (κ3) is 2.85. The first-order valence-corrected chi connectivity index (χ1v) is 7.06. The summed E-state index contributed by atoms with van der Waals surface area (Å²) in [5, 5.41) is 3.37. The summed E-state index contributed by atoms with van der Waals surface area (Å²) < 4.78 is 11.9. The van der Waals surface area contributed by atoms with Gasteiger partial charge in [-0.1, -0.05) is 0 Å². The van der Waals surface area contributed by atoms with Gasteiger partial charge in [0.1, 0.15) is 12.7 Å². The van der Waals surface area contributed by atoms with Crippen molar-refractivity contribution < 1.29 is 9.47 Å². The molecular formula is C15H22N2O2. The standard InChI is InChI=1S/C15H22N2O2/c1-11-7-14-15(8-12(11)2)19-13(10-18-14)9-17-5-3-16-4-6-17/h7-8,13,16H,3-6,9-10H2,1-2H3. The van der Waals surface area contributed by atoms with Crippen LogP contribution >= 0.6 is 0 Å². The molecule has 4 nitrogen and oxygen atoms in total. The van der Waals surface area contributed by atoms with Gasteiger partial charge in [-0.15, -0.1) is 0 Å². The van der Waals surface area contributed by atoms with Gasteiger partial charge < -0.3 is 14.8 Å². The number of fused-ring (bicyclic) bond motifs is 1. The summed E-state index contributed by atoms with van der Waals surface area (Å²) in [6.45, 7) is 10.2. The Kier molecular flexibility index (Phi) is 3.62. The lowest BCUT2D eigenvalue weighted by Gasteiger charge is -2.33. The average molecular weight is 262 g/mol. The Labute approximate surface area is 114 Å². The van der Waals surface area contributed by atoms with Crippen LogP contribution in [0.2, 0.25) is 0 Å². The monoisotopic (exact) mass is 262 g/mol. The van der Waals surface area contributed by atoms with Crippen LogP contribution in [0.25, 0.3) is 0 Å². The van der Waals surface area contributed by atoms with E-state index in [-0.39, 0.29) is 6.10 Å². The van der Waals surface area contributed by atoms with Gasteiger partial charge in [-0.25, -0.2) is 0 Å². The molecule has 3 rings (SSSR count). The van der Waals surface area contributed by atoms with Crippen LogP contribution in [0.4, 0.5) is 0 Å². The van der Waals surface area contributed by atoms with Crippen molar-refractivity contribution in [3.63, 3.8) is 0 Å². The maximum absolute atomic E-state index is 6.08. The van der Waals surface area contributed by atoms with E-state index in [9.17, 15) is 0 Å². The van der Waals surface area contributed by atoms with Crippen molar-refractivity contribution in [1.82, 2.24) is 10.2 Å². The summed E-state index contributed by atoms with van der Waals surface area (Å²) in [6.07, 6.45) is 0.146. The van der Waals surface area contributed by atoms with Crippen LogP contribution in [-0.2, 0) is 0 Å².